The second-order valence-electron chi connectivity index (χ2n) is 5.15. The lowest BCUT2D eigenvalue weighted by atomic mass is 10.1. The van der Waals surface area contributed by atoms with Crippen LogP contribution in [0.1, 0.15) is 36.0 Å². The van der Waals surface area contributed by atoms with E-state index in [2.05, 4.69) is 0 Å². The number of nitrogens with zero attached hydrogens (tertiary/aromatic N) is 1. The Hall–Kier alpha value is -1.06. The number of amides is 1. The second kappa shape index (κ2) is 4.80. The predicted molar refractivity (Wildman–Crippen MR) is 75.1 cm³/mol. The summed E-state index contributed by atoms with van der Waals surface area (Å²) in [6.45, 7) is 0.567. The lowest BCUT2D eigenvalue weighted by Gasteiger charge is -2.21. The van der Waals surface area contributed by atoms with Gasteiger partial charge in [0.2, 0.25) is 0 Å². The molecular formula is C14H13Cl2NO2. The standard InChI is InChI=1S/C14H13Cl2NO2/c15-9-5-6-10(16)12-11(9)13(18)14(19)17(12)7-8-3-1-2-4-8/h5-6,8H,1-4,7H2. The molecule has 0 atom stereocenters. The van der Waals surface area contributed by atoms with Crippen molar-refractivity contribution in [3.63, 3.8) is 0 Å². The van der Waals surface area contributed by atoms with Gasteiger partial charge in [-0.05, 0) is 30.9 Å². The molecule has 1 amide bonds. The average molecular weight is 298 g/mol. The van der Waals surface area contributed by atoms with Crippen LogP contribution >= 0.6 is 23.2 Å². The van der Waals surface area contributed by atoms with Crippen LogP contribution in [-0.2, 0) is 4.79 Å². The third-order valence-corrected chi connectivity index (χ3v) is 4.55. The average Bonchev–Trinajstić information content (AvgIpc) is 2.97. The number of hydrogen-bond acceptors (Lipinski definition) is 2. The van der Waals surface area contributed by atoms with Gasteiger partial charge in [0.25, 0.3) is 11.7 Å². The molecule has 1 saturated carbocycles. The Morgan fingerprint density at radius 3 is 2.42 bits per heavy atom. The maximum atomic E-state index is 12.1. The molecule has 19 heavy (non-hydrogen) atoms. The number of anilines is 1. The minimum atomic E-state index is -0.541. The Morgan fingerprint density at radius 1 is 1.11 bits per heavy atom. The molecule has 100 valence electrons. The van der Waals surface area contributed by atoms with E-state index in [1.807, 2.05) is 0 Å². The molecule has 0 bridgehead atoms. The lowest BCUT2D eigenvalue weighted by Crippen LogP contribution is -2.33. The van der Waals surface area contributed by atoms with Crippen molar-refractivity contribution in [2.75, 3.05) is 11.4 Å². The number of rotatable bonds is 2. The number of carbonyl (C=O) groups excluding carboxylic acids is 2. The smallest absolute Gasteiger partial charge is 0.299 e. The molecule has 0 saturated heterocycles. The minimum Gasteiger partial charge on any atom is -0.303 e. The van der Waals surface area contributed by atoms with E-state index in [0.717, 1.165) is 12.8 Å². The summed E-state index contributed by atoms with van der Waals surface area (Å²) in [7, 11) is 0. The number of benzene rings is 1. The van der Waals surface area contributed by atoms with E-state index >= 15 is 0 Å². The first kappa shape index (κ1) is 12.9. The van der Waals surface area contributed by atoms with E-state index in [1.54, 1.807) is 12.1 Å². The maximum Gasteiger partial charge on any atom is 0.299 e. The molecular weight excluding hydrogens is 285 g/mol. The highest BCUT2D eigenvalue weighted by molar-refractivity contribution is 6.56. The first-order chi connectivity index (χ1) is 9.09. The summed E-state index contributed by atoms with van der Waals surface area (Å²) in [6.07, 6.45) is 4.59. The fourth-order valence-electron chi connectivity index (χ4n) is 2.98. The largest absolute Gasteiger partial charge is 0.303 e. The molecule has 0 unspecified atom stereocenters. The molecule has 0 radical (unpaired) electrons. The second-order valence-corrected chi connectivity index (χ2v) is 5.96. The highest BCUT2D eigenvalue weighted by Crippen LogP contribution is 2.41. The van der Waals surface area contributed by atoms with Crippen molar-refractivity contribution in [1.82, 2.24) is 0 Å². The van der Waals surface area contributed by atoms with Crippen molar-refractivity contribution in [3.8, 4) is 0 Å². The summed E-state index contributed by atoms with van der Waals surface area (Å²) in [5, 5.41) is 0.711. The van der Waals surface area contributed by atoms with Crippen LogP contribution in [0.4, 0.5) is 5.69 Å². The molecule has 0 spiro atoms. The Labute approximate surface area is 121 Å². The summed E-state index contributed by atoms with van der Waals surface area (Å²) in [5.41, 5.74) is 0.758. The predicted octanol–water partition coefficient (Wildman–Crippen LogP) is 3.71. The van der Waals surface area contributed by atoms with E-state index in [0.29, 0.717) is 28.2 Å². The van der Waals surface area contributed by atoms with Crippen molar-refractivity contribution >= 4 is 40.6 Å². The van der Waals surface area contributed by atoms with Crippen molar-refractivity contribution in [1.29, 1.82) is 0 Å². The van der Waals surface area contributed by atoms with E-state index in [9.17, 15) is 9.59 Å². The van der Waals surface area contributed by atoms with Gasteiger partial charge in [-0.1, -0.05) is 36.0 Å². The van der Waals surface area contributed by atoms with Gasteiger partial charge in [-0.2, -0.15) is 0 Å². The topological polar surface area (TPSA) is 37.4 Å². The van der Waals surface area contributed by atoms with Gasteiger partial charge in [-0.15, -0.1) is 0 Å². The molecule has 0 aromatic heterocycles. The van der Waals surface area contributed by atoms with E-state index in [4.69, 9.17) is 23.2 Å². The van der Waals surface area contributed by atoms with Crippen LogP contribution < -0.4 is 4.90 Å². The third kappa shape index (κ3) is 2.05. The van der Waals surface area contributed by atoms with Crippen LogP contribution in [-0.4, -0.2) is 18.2 Å². The fourth-order valence-corrected chi connectivity index (χ4v) is 3.48. The van der Waals surface area contributed by atoms with Gasteiger partial charge in [0.15, 0.2) is 0 Å². The van der Waals surface area contributed by atoms with Crippen molar-refractivity contribution in [3.05, 3.63) is 27.7 Å². The molecule has 3 rings (SSSR count). The van der Waals surface area contributed by atoms with Crippen LogP contribution in [0.25, 0.3) is 0 Å². The Kier molecular flexibility index (Phi) is 3.27. The zero-order valence-corrected chi connectivity index (χ0v) is 11.8. The molecule has 1 aliphatic carbocycles. The summed E-state index contributed by atoms with van der Waals surface area (Å²) in [6, 6.07) is 3.20. The van der Waals surface area contributed by atoms with E-state index < -0.39 is 11.7 Å². The number of Topliss-reactive ketones (excluding diaryl/α,β-unsaturated/α-hetero) is 1. The molecule has 1 fully saturated rings. The first-order valence-electron chi connectivity index (χ1n) is 6.44. The summed E-state index contributed by atoms with van der Waals surface area (Å²) in [4.78, 5) is 25.6. The van der Waals surface area contributed by atoms with Crippen LogP contribution in [0.5, 0.6) is 0 Å². The normalized spacial score (nSPS) is 19.4. The highest BCUT2D eigenvalue weighted by atomic mass is 35.5. The molecule has 1 aromatic carbocycles. The Bertz CT molecular complexity index is 565. The molecule has 3 nitrogen and oxygen atoms in total. The Balaban J connectivity index is 2.01. The zero-order chi connectivity index (χ0) is 13.6. The molecule has 1 aliphatic heterocycles. The van der Waals surface area contributed by atoms with Gasteiger partial charge in [0.1, 0.15) is 0 Å². The highest BCUT2D eigenvalue weighted by Gasteiger charge is 2.40. The third-order valence-electron chi connectivity index (χ3n) is 3.93. The summed E-state index contributed by atoms with van der Waals surface area (Å²) >= 11 is 12.2. The SMILES string of the molecule is O=C1C(=O)N(CC2CCCC2)c2c(Cl)ccc(Cl)c21. The molecule has 2 aliphatic rings. The fraction of sp³-hybridized carbons (Fsp3) is 0.429. The van der Waals surface area contributed by atoms with Gasteiger partial charge < -0.3 is 4.90 Å². The lowest BCUT2D eigenvalue weighted by molar-refractivity contribution is -0.114. The molecule has 1 heterocycles. The Morgan fingerprint density at radius 2 is 1.74 bits per heavy atom. The van der Waals surface area contributed by atoms with Gasteiger partial charge in [-0.3, -0.25) is 9.59 Å². The molecule has 0 N–H and O–H groups in total. The zero-order valence-electron chi connectivity index (χ0n) is 10.3. The first-order valence-corrected chi connectivity index (χ1v) is 7.19. The maximum absolute atomic E-state index is 12.1. The van der Waals surface area contributed by atoms with Gasteiger partial charge >= 0.3 is 0 Å². The summed E-state index contributed by atoms with van der Waals surface area (Å²) < 4.78 is 0. The van der Waals surface area contributed by atoms with Crippen molar-refractivity contribution < 1.29 is 9.59 Å². The van der Waals surface area contributed by atoms with Crippen molar-refractivity contribution in [2.24, 2.45) is 5.92 Å². The molecule has 5 heteroatoms. The van der Waals surface area contributed by atoms with Crippen LogP contribution in [0.3, 0.4) is 0 Å². The van der Waals surface area contributed by atoms with E-state index in [1.165, 1.54) is 17.7 Å². The number of fused-ring (bicyclic) bond motifs is 1. The quantitative estimate of drug-likeness (QED) is 0.780. The monoisotopic (exact) mass is 297 g/mol. The van der Waals surface area contributed by atoms with Gasteiger partial charge in [-0.25, -0.2) is 0 Å². The van der Waals surface area contributed by atoms with Crippen LogP contribution in [0, 0.1) is 5.92 Å². The van der Waals surface area contributed by atoms with Crippen LogP contribution in [0.15, 0.2) is 12.1 Å². The minimum absolute atomic E-state index is 0.261. The van der Waals surface area contributed by atoms with Gasteiger partial charge in [0, 0.05) is 6.54 Å². The van der Waals surface area contributed by atoms with Crippen molar-refractivity contribution in [2.45, 2.75) is 25.7 Å². The van der Waals surface area contributed by atoms with E-state index in [-0.39, 0.29) is 5.56 Å². The summed E-state index contributed by atoms with van der Waals surface area (Å²) in [5.74, 6) is -0.588. The number of halogens is 2. The number of hydrogen-bond donors (Lipinski definition) is 0. The number of ketones is 1. The van der Waals surface area contributed by atoms with Crippen LogP contribution in [0.2, 0.25) is 10.0 Å². The number of carbonyl (C=O) groups is 2. The molecule has 1 aromatic rings. The van der Waals surface area contributed by atoms with Gasteiger partial charge in [0.05, 0.1) is 21.3 Å².